The van der Waals surface area contributed by atoms with Crippen molar-refractivity contribution < 1.29 is 4.74 Å². The van der Waals surface area contributed by atoms with Crippen molar-refractivity contribution in [2.24, 2.45) is 0 Å². The molecule has 0 aliphatic rings. The summed E-state index contributed by atoms with van der Waals surface area (Å²) >= 11 is 0. The molecule has 12 heavy (non-hydrogen) atoms. The van der Waals surface area contributed by atoms with Crippen molar-refractivity contribution in [3.8, 4) is 5.88 Å². The lowest BCUT2D eigenvalue weighted by atomic mass is 10.5. The quantitative estimate of drug-likeness (QED) is 0.733. The second-order valence-corrected chi connectivity index (χ2v) is 2.55. The van der Waals surface area contributed by atoms with E-state index in [4.69, 9.17) is 10.5 Å². The highest BCUT2D eigenvalue weighted by Gasteiger charge is 2.02. The topological polar surface area (TPSA) is 61.0 Å². The van der Waals surface area contributed by atoms with Gasteiger partial charge in [-0.15, -0.1) is 0 Å². The first-order valence-electron chi connectivity index (χ1n) is 3.96. The van der Waals surface area contributed by atoms with Crippen molar-refractivity contribution in [1.29, 1.82) is 0 Å². The predicted octanol–water partition coefficient (Wildman–Crippen LogP) is 1.16. The molecule has 0 aliphatic heterocycles. The maximum Gasteiger partial charge on any atom is 0.257 e. The molecular formula is C8H13N3O. The normalized spacial score (nSPS) is 9.83. The lowest BCUT2D eigenvalue weighted by Crippen LogP contribution is -2.03. The Hall–Kier alpha value is -1.32. The van der Waals surface area contributed by atoms with Crippen LogP contribution in [0.25, 0.3) is 0 Å². The van der Waals surface area contributed by atoms with Crippen LogP contribution in [0.3, 0.4) is 0 Å². The van der Waals surface area contributed by atoms with E-state index in [1.54, 1.807) is 6.20 Å². The van der Waals surface area contributed by atoms with E-state index in [9.17, 15) is 0 Å². The van der Waals surface area contributed by atoms with Crippen molar-refractivity contribution in [3.63, 3.8) is 0 Å². The van der Waals surface area contributed by atoms with Gasteiger partial charge in [-0.2, -0.15) is 0 Å². The average molecular weight is 167 g/mol. The molecule has 0 unspecified atom stereocenters. The highest BCUT2D eigenvalue weighted by Crippen LogP contribution is 2.14. The van der Waals surface area contributed by atoms with Gasteiger partial charge < -0.3 is 10.5 Å². The zero-order chi connectivity index (χ0) is 8.97. The molecular weight excluding hydrogens is 154 g/mol. The van der Waals surface area contributed by atoms with E-state index in [1.807, 2.05) is 13.8 Å². The minimum Gasteiger partial charge on any atom is -0.475 e. The molecule has 0 fully saturated rings. The lowest BCUT2D eigenvalue weighted by molar-refractivity contribution is 0.305. The van der Waals surface area contributed by atoms with Crippen LogP contribution in [-0.4, -0.2) is 16.6 Å². The Kier molecular flexibility index (Phi) is 2.85. The molecule has 0 atom stereocenters. The van der Waals surface area contributed by atoms with Crippen molar-refractivity contribution in [2.75, 3.05) is 12.3 Å². The average Bonchev–Trinajstić information content (AvgIpc) is 2.07. The molecule has 1 rings (SSSR count). The van der Waals surface area contributed by atoms with Gasteiger partial charge in [0, 0.05) is 0 Å². The maximum absolute atomic E-state index is 5.53. The summed E-state index contributed by atoms with van der Waals surface area (Å²) in [7, 11) is 0. The maximum atomic E-state index is 5.53. The zero-order valence-electron chi connectivity index (χ0n) is 7.37. The summed E-state index contributed by atoms with van der Waals surface area (Å²) in [4.78, 5) is 8.02. The Labute approximate surface area is 71.8 Å². The molecule has 66 valence electrons. The Morgan fingerprint density at radius 2 is 2.33 bits per heavy atom. The Morgan fingerprint density at radius 1 is 1.58 bits per heavy atom. The number of hydrogen-bond donors (Lipinski definition) is 1. The SMILES string of the molecule is CCCOc1nc(C)cnc1N. The van der Waals surface area contributed by atoms with E-state index in [2.05, 4.69) is 9.97 Å². The molecule has 0 bridgehead atoms. The fourth-order valence-corrected chi connectivity index (χ4v) is 0.769. The van der Waals surface area contributed by atoms with E-state index in [0.29, 0.717) is 18.3 Å². The molecule has 2 N–H and O–H groups in total. The number of aromatic nitrogens is 2. The third kappa shape index (κ3) is 2.08. The molecule has 0 amide bonds. The van der Waals surface area contributed by atoms with Crippen molar-refractivity contribution >= 4 is 5.82 Å². The monoisotopic (exact) mass is 167 g/mol. The summed E-state index contributed by atoms with van der Waals surface area (Å²) in [6.45, 7) is 4.51. The number of aryl methyl sites for hydroxylation is 1. The van der Waals surface area contributed by atoms with Crippen molar-refractivity contribution in [2.45, 2.75) is 20.3 Å². The second kappa shape index (κ2) is 3.90. The lowest BCUT2D eigenvalue weighted by Gasteiger charge is -2.05. The Bertz CT molecular complexity index is 262. The standard InChI is InChI=1S/C8H13N3O/c1-3-4-12-8-7(9)10-5-6(2)11-8/h5H,3-4H2,1-2H3,(H2,9,10). The summed E-state index contributed by atoms with van der Waals surface area (Å²) in [5.74, 6) is 0.797. The first kappa shape index (κ1) is 8.77. The number of nitrogens with zero attached hydrogens (tertiary/aromatic N) is 2. The summed E-state index contributed by atoms with van der Waals surface area (Å²) in [5.41, 5.74) is 6.35. The molecule has 4 heteroatoms. The van der Waals surface area contributed by atoms with E-state index in [0.717, 1.165) is 12.1 Å². The summed E-state index contributed by atoms with van der Waals surface area (Å²) in [6, 6.07) is 0. The first-order chi connectivity index (χ1) is 5.74. The van der Waals surface area contributed by atoms with Gasteiger partial charge in [0.1, 0.15) is 0 Å². The zero-order valence-corrected chi connectivity index (χ0v) is 7.37. The predicted molar refractivity (Wildman–Crippen MR) is 47.0 cm³/mol. The van der Waals surface area contributed by atoms with Gasteiger partial charge in [-0.3, -0.25) is 0 Å². The first-order valence-corrected chi connectivity index (χ1v) is 3.96. The number of anilines is 1. The number of nitrogens with two attached hydrogens (primary N) is 1. The Morgan fingerprint density at radius 3 is 3.00 bits per heavy atom. The van der Waals surface area contributed by atoms with Crippen LogP contribution in [0.2, 0.25) is 0 Å². The van der Waals surface area contributed by atoms with Gasteiger partial charge in [0.2, 0.25) is 0 Å². The fraction of sp³-hybridized carbons (Fsp3) is 0.500. The van der Waals surface area contributed by atoms with Gasteiger partial charge in [0.15, 0.2) is 5.82 Å². The second-order valence-electron chi connectivity index (χ2n) is 2.55. The minimum atomic E-state index is 0.356. The van der Waals surface area contributed by atoms with Crippen LogP contribution in [-0.2, 0) is 0 Å². The summed E-state index contributed by atoms with van der Waals surface area (Å²) < 4.78 is 5.27. The van der Waals surface area contributed by atoms with Gasteiger partial charge in [0.05, 0.1) is 18.5 Å². The van der Waals surface area contributed by atoms with Crippen molar-refractivity contribution in [3.05, 3.63) is 11.9 Å². The van der Waals surface area contributed by atoms with E-state index >= 15 is 0 Å². The van der Waals surface area contributed by atoms with E-state index < -0.39 is 0 Å². The minimum absolute atomic E-state index is 0.356. The highest BCUT2D eigenvalue weighted by molar-refractivity contribution is 5.39. The van der Waals surface area contributed by atoms with Gasteiger partial charge in [-0.05, 0) is 13.3 Å². The third-order valence-electron chi connectivity index (χ3n) is 1.33. The molecule has 0 spiro atoms. The molecule has 0 saturated heterocycles. The molecule has 1 aromatic rings. The molecule has 0 aromatic carbocycles. The number of rotatable bonds is 3. The summed E-state index contributed by atoms with van der Waals surface area (Å²) in [5, 5.41) is 0. The van der Waals surface area contributed by atoms with Crippen LogP contribution in [0.15, 0.2) is 6.20 Å². The fourth-order valence-electron chi connectivity index (χ4n) is 0.769. The van der Waals surface area contributed by atoms with Crippen LogP contribution in [0, 0.1) is 6.92 Å². The molecule has 0 aliphatic carbocycles. The van der Waals surface area contributed by atoms with E-state index in [-0.39, 0.29) is 0 Å². The van der Waals surface area contributed by atoms with Crippen molar-refractivity contribution in [1.82, 2.24) is 9.97 Å². The number of ether oxygens (including phenoxy) is 1. The largest absolute Gasteiger partial charge is 0.475 e. The number of hydrogen-bond acceptors (Lipinski definition) is 4. The smallest absolute Gasteiger partial charge is 0.257 e. The highest BCUT2D eigenvalue weighted by atomic mass is 16.5. The molecule has 4 nitrogen and oxygen atoms in total. The van der Waals surface area contributed by atoms with Crippen LogP contribution in [0.4, 0.5) is 5.82 Å². The van der Waals surface area contributed by atoms with Gasteiger partial charge in [-0.1, -0.05) is 6.92 Å². The van der Waals surface area contributed by atoms with Gasteiger partial charge in [-0.25, -0.2) is 9.97 Å². The van der Waals surface area contributed by atoms with Gasteiger partial charge in [0.25, 0.3) is 5.88 Å². The molecule has 1 heterocycles. The van der Waals surface area contributed by atoms with Crippen LogP contribution in [0.1, 0.15) is 19.0 Å². The van der Waals surface area contributed by atoms with Crippen LogP contribution < -0.4 is 10.5 Å². The van der Waals surface area contributed by atoms with Crippen LogP contribution >= 0.6 is 0 Å². The molecule has 0 saturated carbocycles. The van der Waals surface area contributed by atoms with Gasteiger partial charge >= 0.3 is 0 Å². The molecule has 1 aromatic heterocycles. The Balaban J connectivity index is 2.75. The number of nitrogen functional groups attached to an aromatic ring is 1. The summed E-state index contributed by atoms with van der Waals surface area (Å²) in [6.07, 6.45) is 2.56. The van der Waals surface area contributed by atoms with Crippen LogP contribution in [0.5, 0.6) is 5.88 Å². The van der Waals surface area contributed by atoms with E-state index in [1.165, 1.54) is 0 Å². The molecule has 0 radical (unpaired) electrons. The third-order valence-corrected chi connectivity index (χ3v) is 1.33.